The van der Waals surface area contributed by atoms with Crippen LogP contribution in [0, 0.1) is 5.92 Å². The van der Waals surface area contributed by atoms with Gasteiger partial charge in [0.25, 0.3) is 0 Å². The molecule has 3 N–H and O–H groups in total. The number of hydrogen-bond donors (Lipinski definition) is 2. The highest BCUT2D eigenvalue weighted by Crippen LogP contribution is 2.26. The van der Waals surface area contributed by atoms with Crippen LogP contribution in [0.2, 0.25) is 0 Å². The van der Waals surface area contributed by atoms with E-state index in [1.807, 2.05) is 6.20 Å². The summed E-state index contributed by atoms with van der Waals surface area (Å²) < 4.78 is 0. The van der Waals surface area contributed by atoms with Crippen molar-refractivity contribution in [3.05, 3.63) is 28.6 Å². The van der Waals surface area contributed by atoms with E-state index in [1.54, 1.807) is 11.3 Å². The second-order valence-corrected chi connectivity index (χ2v) is 6.53. The van der Waals surface area contributed by atoms with Gasteiger partial charge in [-0.3, -0.25) is 10.00 Å². The van der Waals surface area contributed by atoms with E-state index in [9.17, 15) is 0 Å². The van der Waals surface area contributed by atoms with Crippen molar-refractivity contribution < 1.29 is 0 Å². The highest BCUT2D eigenvalue weighted by Gasteiger charge is 2.22. The molecular formula is C15H23ClN4S. The van der Waals surface area contributed by atoms with Gasteiger partial charge in [-0.05, 0) is 50.2 Å². The summed E-state index contributed by atoms with van der Waals surface area (Å²) in [4.78, 5) is 2.51. The van der Waals surface area contributed by atoms with Crippen LogP contribution in [0.25, 0.3) is 11.3 Å². The molecule has 1 aliphatic rings. The maximum absolute atomic E-state index is 6.00. The zero-order valence-electron chi connectivity index (χ0n) is 12.3. The molecule has 1 fully saturated rings. The van der Waals surface area contributed by atoms with E-state index in [0.29, 0.717) is 12.0 Å². The van der Waals surface area contributed by atoms with Crippen molar-refractivity contribution in [2.45, 2.75) is 32.4 Å². The summed E-state index contributed by atoms with van der Waals surface area (Å²) in [6, 6.07) is 2.47. The van der Waals surface area contributed by atoms with Gasteiger partial charge in [-0.1, -0.05) is 0 Å². The van der Waals surface area contributed by atoms with E-state index in [-0.39, 0.29) is 12.4 Å². The second kappa shape index (κ2) is 7.40. The van der Waals surface area contributed by atoms with Crippen molar-refractivity contribution >= 4 is 23.7 Å². The third kappa shape index (κ3) is 3.86. The van der Waals surface area contributed by atoms with Gasteiger partial charge in [0.05, 0.1) is 11.9 Å². The van der Waals surface area contributed by atoms with Crippen molar-refractivity contribution in [1.29, 1.82) is 0 Å². The normalized spacial score (nSPS) is 18.4. The number of aromatic nitrogens is 2. The lowest BCUT2D eigenvalue weighted by Gasteiger charge is -2.33. The predicted octanol–water partition coefficient (Wildman–Crippen LogP) is 3.12. The van der Waals surface area contributed by atoms with E-state index < -0.39 is 0 Å². The molecule has 3 rings (SSSR count). The molecule has 1 atom stereocenters. The second-order valence-electron chi connectivity index (χ2n) is 5.75. The van der Waals surface area contributed by atoms with Crippen molar-refractivity contribution in [2.75, 3.05) is 13.1 Å². The molecule has 0 bridgehead atoms. The fraction of sp³-hybridized carbons (Fsp3) is 0.533. The van der Waals surface area contributed by atoms with E-state index >= 15 is 0 Å². The predicted molar refractivity (Wildman–Crippen MR) is 90.8 cm³/mol. The monoisotopic (exact) mass is 326 g/mol. The minimum atomic E-state index is 0. The van der Waals surface area contributed by atoms with E-state index in [1.165, 1.54) is 29.7 Å². The first kappa shape index (κ1) is 16.5. The fourth-order valence-corrected chi connectivity index (χ4v) is 3.61. The molecule has 4 nitrogen and oxygen atoms in total. The SMILES string of the molecule is CC(N)C1CCN(Cc2cn[nH]c2-c2ccsc2)CC1.Cl. The number of H-pyrrole nitrogens is 1. The number of rotatable bonds is 4. The van der Waals surface area contributed by atoms with Crippen LogP contribution >= 0.6 is 23.7 Å². The molecule has 21 heavy (non-hydrogen) atoms. The first-order valence-corrected chi connectivity index (χ1v) is 8.21. The van der Waals surface area contributed by atoms with Crippen LogP contribution in [-0.2, 0) is 6.54 Å². The van der Waals surface area contributed by atoms with Crippen molar-refractivity contribution in [2.24, 2.45) is 11.7 Å². The van der Waals surface area contributed by atoms with E-state index in [4.69, 9.17) is 5.73 Å². The molecule has 0 amide bonds. The number of nitrogens with two attached hydrogens (primary N) is 1. The minimum absolute atomic E-state index is 0. The molecule has 1 saturated heterocycles. The number of likely N-dealkylation sites (tertiary alicyclic amines) is 1. The summed E-state index contributed by atoms with van der Waals surface area (Å²) in [5, 5.41) is 11.6. The van der Waals surface area contributed by atoms with Crippen molar-refractivity contribution in [3.63, 3.8) is 0 Å². The smallest absolute Gasteiger partial charge is 0.0703 e. The lowest BCUT2D eigenvalue weighted by Crippen LogP contribution is -2.39. The zero-order chi connectivity index (χ0) is 13.9. The van der Waals surface area contributed by atoms with Crippen molar-refractivity contribution in [1.82, 2.24) is 15.1 Å². The summed E-state index contributed by atoms with van der Waals surface area (Å²) >= 11 is 1.72. The Hall–Kier alpha value is -0.880. The Labute approximate surface area is 136 Å². The van der Waals surface area contributed by atoms with Crippen LogP contribution in [0.1, 0.15) is 25.3 Å². The third-order valence-electron chi connectivity index (χ3n) is 4.30. The maximum atomic E-state index is 6.00. The number of piperidine rings is 1. The van der Waals surface area contributed by atoms with Crippen LogP contribution in [0.4, 0.5) is 0 Å². The number of nitrogens with zero attached hydrogens (tertiary/aromatic N) is 2. The molecule has 1 aliphatic heterocycles. The molecule has 0 radical (unpaired) electrons. The standard InChI is InChI=1S/C15H22N4S.ClH/c1-11(16)12-2-5-19(6-3-12)9-14-8-17-18-15(14)13-4-7-20-10-13;/h4,7-8,10-12H,2-3,5-6,9,16H2,1H3,(H,17,18);1H. The molecule has 0 spiro atoms. The molecule has 116 valence electrons. The number of halogens is 1. The van der Waals surface area contributed by atoms with Gasteiger partial charge in [-0.15, -0.1) is 12.4 Å². The first-order valence-electron chi connectivity index (χ1n) is 7.27. The Bertz CT molecular complexity index is 530. The summed E-state index contributed by atoms with van der Waals surface area (Å²) in [5.41, 5.74) is 9.71. The lowest BCUT2D eigenvalue weighted by molar-refractivity contribution is 0.166. The van der Waals surface area contributed by atoms with Gasteiger partial charge in [-0.25, -0.2) is 0 Å². The van der Waals surface area contributed by atoms with Gasteiger partial charge >= 0.3 is 0 Å². The molecule has 3 heterocycles. The minimum Gasteiger partial charge on any atom is -0.328 e. The molecule has 2 aromatic heterocycles. The lowest BCUT2D eigenvalue weighted by atomic mass is 9.91. The van der Waals surface area contributed by atoms with Crippen LogP contribution in [-0.4, -0.2) is 34.2 Å². The van der Waals surface area contributed by atoms with Gasteiger partial charge < -0.3 is 5.73 Å². The third-order valence-corrected chi connectivity index (χ3v) is 4.98. The highest BCUT2D eigenvalue weighted by molar-refractivity contribution is 7.08. The quantitative estimate of drug-likeness (QED) is 0.907. The summed E-state index contributed by atoms with van der Waals surface area (Å²) in [6.07, 6.45) is 4.39. The Balaban J connectivity index is 0.00000161. The van der Waals surface area contributed by atoms with Gasteiger partial charge in [0.1, 0.15) is 0 Å². The van der Waals surface area contributed by atoms with E-state index in [2.05, 4.69) is 38.8 Å². The summed E-state index contributed by atoms with van der Waals surface area (Å²) in [7, 11) is 0. The average molecular weight is 327 g/mol. The Morgan fingerprint density at radius 2 is 2.24 bits per heavy atom. The molecule has 2 aromatic rings. The summed E-state index contributed by atoms with van der Waals surface area (Å²) in [5.74, 6) is 0.687. The molecule has 6 heteroatoms. The van der Waals surface area contributed by atoms with Crippen LogP contribution in [0.5, 0.6) is 0 Å². The van der Waals surface area contributed by atoms with Crippen LogP contribution in [0.15, 0.2) is 23.0 Å². The molecule has 0 aliphatic carbocycles. The zero-order valence-corrected chi connectivity index (χ0v) is 13.9. The summed E-state index contributed by atoms with van der Waals surface area (Å²) in [6.45, 7) is 5.39. The van der Waals surface area contributed by atoms with Gasteiger partial charge in [0.15, 0.2) is 0 Å². The van der Waals surface area contributed by atoms with Crippen LogP contribution < -0.4 is 5.73 Å². The Morgan fingerprint density at radius 3 is 2.86 bits per heavy atom. The largest absolute Gasteiger partial charge is 0.328 e. The molecule has 1 unspecified atom stereocenters. The molecule has 0 saturated carbocycles. The first-order chi connectivity index (χ1) is 9.74. The number of nitrogens with one attached hydrogen (secondary N) is 1. The number of aromatic amines is 1. The Morgan fingerprint density at radius 1 is 1.48 bits per heavy atom. The Kier molecular flexibility index (Phi) is 5.81. The van der Waals surface area contributed by atoms with Gasteiger partial charge in [0, 0.05) is 29.1 Å². The topological polar surface area (TPSA) is 57.9 Å². The fourth-order valence-electron chi connectivity index (χ4n) is 2.97. The van der Waals surface area contributed by atoms with Gasteiger partial charge in [0.2, 0.25) is 0 Å². The molecular weight excluding hydrogens is 304 g/mol. The van der Waals surface area contributed by atoms with Crippen LogP contribution in [0.3, 0.4) is 0 Å². The van der Waals surface area contributed by atoms with Gasteiger partial charge in [-0.2, -0.15) is 16.4 Å². The van der Waals surface area contributed by atoms with Crippen molar-refractivity contribution in [3.8, 4) is 11.3 Å². The number of hydrogen-bond acceptors (Lipinski definition) is 4. The van der Waals surface area contributed by atoms with E-state index in [0.717, 1.165) is 19.6 Å². The maximum Gasteiger partial charge on any atom is 0.0703 e. The molecule has 0 aromatic carbocycles. The average Bonchev–Trinajstić information content (AvgIpc) is 3.09. The highest BCUT2D eigenvalue weighted by atomic mass is 35.5. The number of thiophene rings is 1.